The predicted octanol–water partition coefficient (Wildman–Crippen LogP) is 2.24. The Balaban J connectivity index is 1.74. The molecular weight excluding hydrogens is 334 g/mol. The van der Waals surface area contributed by atoms with Crippen molar-refractivity contribution in [1.29, 1.82) is 0 Å². The van der Waals surface area contributed by atoms with Gasteiger partial charge in [-0.3, -0.25) is 9.36 Å². The molecule has 0 aliphatic heterocycles. The van der Waals surface area contributed by atoms with E-state index in [1.165, 1.54) is 35.0 Å². The van der Waals surface area contributed by atoms with Gasteiger partial charge >= 0.3 is 11.7 Å². The fourth-order valence-corrected chi connectivity index (χ4v) is 2.42. The highest BCUT2D eigenvalue weighted by atomic mass is 16.4. The van der Waals surface area contributed by atoms with Gasteiger partial charge in [-0.25, -0.2) is 14.6 Å². The number of nitrogens with zero attached hydrogens (tertiary/aromatic N) is 2. The number of aromatic nitrogens is 2. The van der Waals surface area contributed by atoms with Gasteiger partial charge < -0.3 is 10.4 Å². The van der Waals surface area contributed by atoms with Crippen molar-refractivity contribution >= 4 is 17.6 Å². The largest absolute Gasteiger partial charge is 0.478 e. The van der Waals surface area contributed by atoms with E-state index in [1.54, 1.807) is 30.5 Å². The summed E-state index contributed by atoms with van der Waals surface area (Å²) in [6.07, 6.45) is 3.08. The molecule has 0 aliphatic rings. The predicted molar refractivity (Wildman–Crippen MR) is 95.4 cm³/mol. The number of aromatic carboxylic acids is 1. The minimum Gasteiger partial charge on any atom is -0.478 e. The lowest BCUT2D eigenvalue weighted by Gasteiger charge is -2.09. The Morgan fingerprint density at radius 2 is 1.77 bits per heavy atom. The first kappa shape index (κ1) is 17.1. The summed E-state index contributed by atoms with van der Waals surface area (Å²) in [4.78, 5) is 38.5. The first-order valence-electron chi connectivity index (χ1n) is 7.78. The molecule has 1 amide bonds. The Morgan fingerprint density at radius 1 is 1.04 bits per heavy atom. The minimum absolute atomic E-state index is 0.116. The summed E-state index contributed by atoms with van der Waals surface area (Å²) >= 11 is 0. The van der Waals surface area contributed by atoms with Crippen molar-refractivity contribution in [3.05, 3.63) is 94.2 Å². The van der Waals surface area contributed by atoms with Crippen LogP contribution >= 0.6 is 0 Å². The lowest BCUT2D eigenvalue weighted by Crippen LogP contribution is -2.22. The summed E-state index contributed by atoms with van der Waals surface area (Å²) < 4.78 is 1.46. The Labute approximate surface area is 148 Å². The van der Waals surface area contributed by atoms with E-state index in [9.17, 15) is 14.4 Å². The van der Waals surface area contributed by atoms with Gasteiger partial charge in [0.15, 0.2) is 0 Å². The molecule has 3 rings (SSSR count). The number of carbonyl (C=O) groups excluding carboxylic acids is 1. The third-order valence-electron chi connectivity index (χ3n) is 3.71. The Bertz CT molecular complexity index is 1010. The molecule has 1 aromatic heterocycles. The topological polar surface area (TPSA) is 101 Å². The minimum atomic E-state index is -1.05. The molecule has 1 heterocycles. The van der Waals surface area contributed by atoms with Crippen LogP contribution in [-0.4, -0.2) is 26.5 Å². The Morgan fingerprint density at radius 3 is 2.46 bits per heavy atom. The fourth-order valence-electron chi connectivity index (χ4n) is 2.42. The van der Waals surface area contributed by atoms with Crippen LogP contribution in [0.15, 0.2) is 71.8 Å². The van der Waals surface area contributed by atoms with Crippen molar-refractivity contribution in [2.24, 2.45) is 0 Å². The van der Waals surface area contributed by atoms with Crippen molar-refractivity contribution in [3.63, 3.8) is 0 Å². The molecule has 0 spiro atoms. The van der Waals surface area contributed by atoms with Crippen LogP contribution in [-0.2, 0) is 6.54 Å². The van der Waals surface area contributed by atoms with Crippen LogP contribution in [0.1, 0.15) is 26.3 Å². The molecule has 7 nitrogen and oxygen atoms in total. The smallest absolute Gasteiger partial charge is 0.347 e. The van der Waals surface area contributed by atoms with Crippen molar-refractivity contribution in [1.82, 2.24) is 9.55 Å². The quantitative estimate of drug-likeness (QED) is 0.736. The third kappa shape index (κ3) is 4.02. The number of hydrogen-bond donors (Lipinski definition) is 2. The van der Waals surface area contributed by atoms with E-state index >= 15 is 0 Å². The molecule has 0 unspecified atom stereocenters. The van der Waals surface area contributed by atoms with Crippen molar-refractivity contribution < 1.29 is 14.7 Å². The molecule has 26 heavy (non-hydrogen) atoms. The highest BCUT2D eigenvalue weighted by Gasteiger charge is 2.09. The van der Waals surface area contributed by atoms with Gasteiger partial charge in [0.2, 0.25) is 0 Å². The van der Waals surface area contributed by atoms with E-state index < -0.39 is 5.97 Å². The Hall–Kier alpha value is -3.74. The van der Waals surface area contributed by atoms with Crippen LogP contribution in [0.4, 0.5) is 5.69 Å². The van der Waals surface area contributed by atoms with Gasteiger partial charge in [-0.1, -0.05) is 12.1 Å². The number of amides is 1. The molecule has 2 aromatic carbocycles. The van der Waals surface area contributed by atoms with Gasteiger partial charge in [0.05, 0.1) is 12.1 Å². The normalized spacial score (nSPS) is 10.3. The molecule has 0 atom stereocenters. The van der Waals surface area contributed by atoms with Gasteiger partial charge in [0.25, 0.3) is 5.91 Å². The van der Waals surface area contributed by atoms with E-state index in [0.29, 0.717) is 17.8 Å². The average Bonchev–Trinajstić information content (AvgIpc) is 2.64. The first-order valence-corrected chi connectivity index (χ1v) is 7.78. The van der Waals surface area contributed by atoms with Crippen molar-refractivity contribution in [2.45, 2.75) is 6.54 Å². The lowest BCUT2D eigenvalue weighted by atomic mass is 10.1. The highest BCUT2D eigenvalue weighted by Crippen LogP contribution is 2.13. The SMILES string of the molecule is O=C(O)c1ccc(C(=O)Nc2cccc(Cn3cccnc3=O)c2)cc1. The molecule has 130 valence electrons. The molecule has 7 heteroatoms. The molecule has 3 aromatic rings. The summed E-state index contributed by atoms with van der Waals surface area (Å²) in [6, 6.07) is 14.5. The number of benzene rings is 2. The van der Waals surface area contributed by atoms with Gasteiger partial charge in [-0.15, -0.1) is 0 Å². The summed E-state index contributed by atoms with van der Waals surface area (Å²) in [7, 11) is 0. The standard InChI is InChI=1S/C19H15N3O4/c23-17(14-5-7-15(8-6-14)18(24)25)21-16-4-1-3-13(11-16)12-22-10-2-9-20-19(22)26/h1-11H,12H2,(H,21,23)(H,24,25). The maximum atomic E-state index is 12.3. The zero-order chi connectivity index (χ0) is 18.5. The van der Waals surface area contributed by atoms with Gasteiger partial charge in [-0.2, -0.15) is 0 Å². The van der Waals surface area contributed by atoms with Crippen LogP contribution in [0.25, 0.3) is 0 Å². The molecule has 0 bridgehead atoms. The van der Waals surface area contributed by atoms with Crippen LogP contribution in [0.2, 0.25) is 0 Å². The average molecular weight is 349 g/mol. The molecular formula is C19H15N3O4. The van der Waals surface area contributed by atoms with Crippen LogP contribution in [0.5, 0.6) is 0 Å². The molecule has 0 fully saturated rings. The monoisotopic (exact) mass is 349 g/mol. The van der Waals surface area contributed by atoms with E-state index in [4.69, 9.17) is 5.11 Å². The van der Waals surface area contributed by atoms with Gasteiger partial charge in [0, 0.05) is 23.6 Å². The molecule has 0 radical (unpaired) electrons. The van der Waals surface area contributed by atoms with E-state index in [2.05, 4.69) is 10.3 Å². The first-order chi connectivity index (χ1) is 12.5. The molecule has 2 N–H and O–H groups in total. The van der Waals surface area contributed by atoms with Crippen molar-refractivity contribution in [3.8, 4) is 0 Å². The maximum Gasteiger partial charge on any atom is 0.347 e. The van der Waals surface area contributed by atoms with Gasteiger partial charge in [-0.05, 0) is 48.0 Å². The highest BCUT2D eigenvalue weighted by molar-refractivity contribution is 6.04. The van der Waals surface area contributed by atoms with E-state index in [0.717, 1.165) is 5.56 Å². The summed E-state index contributed by atoms with van der Waals surface area (Å²) in [6.45, 7) is 0.337. The second-order valence-corrected chi connectivity index (χ2v) is 5.57. The van der Waals surface area contributed by atoms with Crippen molar-refractivity contribution in [2.75, 3.05) is 5.32 Å². The number of anilines is 1. The summed E-state index contributed by atoms with van der Waals surface area (Å²) in [5.74, 6) is -1.40. The van der Waals surface area contributed by atoms with Gasteiger partial charge in [0.1, 0.15) is 0 Å². The third-order valence-corrected chi connectivity index (χ3v) is 3.71. The summed E-state index contributed by atoms with van der Waals surface area (Å²) in [5.41, 5.74) is 1.53. The second-order valence-electron chi connectivity index (χ2n) is 5.57. The molecule has 0 saturated heterocycles. The van der Waals surface area contributed by atoms with E-state index in [1.807, 2.05) is 6.07 Å². The van der Waals surface area contributed by atoms with E-state index in [-0.39, 0.29) is 17.2 Å². The number of carboxylic acids is 1. The zero-order valence-corrected chi connectivity index (χ0v) is 13.6. The van der Waals surface area contributed by atoms with Crippen LogP contribution in [0, 0.1) is 0 Å². The number of hydrogen-bond acceptors (Lipinski definition) is 4. The second kappa shape index (κ2) is 7.43. The fraction of sp³-hybridized carbons (Fsp3) is 0.0526. The number of rotatable bonds is 5. The van der Waals surface area contributed by atoms with Crippen LogP contribution in [0.3, 0.4) is 0 Å². The Kier molecular flexibility index (Phi) is 4.89. The number of nitrogens with one attached hydrogen (secondary N) is 1. The number of carbonyl (C=O) groups is 2. The molecule has 0 saturated carbocycles. The van der Waals surface area contributed by atoms with Crippen LogP contribution < -0.4 is 11.0 Å². The maximum absolute atomic E-state index is 12.3. The molecule has 0 aliphatic carbocycles. The number of carboxylic acid groups (broad SMARTS) is 1. The lowest BCUT2D eigenvalue weighted by molar-refractivity contribution is 0.0696. The summed E-state index contributed by atoms with van der Waals surface area (Å²) in [5, 5.41) is 11.6. The zero-order valence-electron chi connectivity index (χ0n) is 13.6.